The van der Waals surface area contributed by atoms with E-state index in [0.717, 1.165) is 17.5 Å². The number of amides is 1. The average Bonchev–Trinajstić information content (AvgIpc) is 3.19. The molecular formula is C23H24N6O2. The number of aryl methyl sites for hydroxylation is 1. The van der Waals surface area contributed by atoms with Gasteiger partial charge in [-0.05, 0) is 30.0 Å². The van der Waals surface area contributed by atoms with Gasteiger partial charge in [0.05, 0.1) is 12.6 Å². The Balaban J connectivity index is 1.47. The lowest BCUT2D eigenvalue weighted by Crippen LogP contribution is -2.34. The molecule has 0 saturated carbocycles. The van der Waals surface area contributed by atoms with Crippen LogP contribution in [0.2, 0.25) is 0 Å². The van der Waals surface area contributed by atoms with Crippen molar-refractivity contribution >= 4 is 17.1 Å². The van der Waals surface area contributed by atoms with Gasteiger partial charge in [0.2, 0.25) is 5.91 Å². The van der Waals surface area contributed by atoms with Gasteiger partial charge in [-0.15, -0.1) is 5.10 Å². The Morgan fingerprint density at radius 2 is 1.81 bits per heavy atom. The van der Waals surface area contributed by atoms with E-state index in [0.29, 0.717) is 12.2 Å². The molecule has 0 aliphatic rings. The average molecular weight is 416 g/mol. The number of hydrogen-bond acceptors (Lipinski definition) is 5. The van der Waals surface area contributed by atoms with Gasteiger partial charge in [-0.2, -0.15) is 0 Å². The van der Waals surface area contributed by atoms with E-state index in [9.17, 15) is 9.59 Å². The summed E-state index contributed by atoms with van der Waals surface area (Å²) >= 11 is 0. The Bertz CT molecular complexity index is 1240. The van der Waals surface area contributed by atoms with Crippen LogP contribution in [0.25, 0.3) is 11.2 Å². The predicted molar refractivity (Wildman–Crippen MR) is 118 cm³/mol. The molecule has 31 heavy (non-hydrogen) atoms. The van der Waals surface area contributed by atoms with Crippen molar-refractivity contribution < 1.29 is 4.79 Å². The number of fused-ring (bicyclic) bond motifs is 1. The molecule has 8 nitrogen and oxygen atoms in total. The van der Waals surface area contributed by atoms with Crippen molar-refractivity contribution in [1.29, 1.82) is 0 Å². The van der Waals surface area contributed by atoms with Crippen LogP contribution in [-0.4, -0.2) is 30.5 Å². The molecule has 2 aromatic carbocycles. The minimum Gasteiger partial charge on any atom is -0.348 e. The van der Waals surface area contributed by atoms with Crippen molar-refractivity contribution in [3.8, 4) is 0 Å². The second-order valence-electron chi connectivity index (χ2n) is 7.47. The summed E-state index contributed by atoms with van der Waals surface area (Å²) in [7, 11) is 0. The van der Waals surface area contributed by atoms with E-state index >= 15 is 0 Å². The molecule has 4 aromatic rings. The number of carbonyl (C=O) groups is 1. The van der Waals surface area contributed by atoms with E-state index < -0.39 is 0 Å². The summed E-state index contributed by atoms with van der Waals surface area (Å²) in [6.45, 7) is 4.34. The van der Waals surface area contributed by atoms with Crippen LogP contribution in [0.1, 0.15) is 36.6 Å². The van der Waals surface area contributed by atoms with Crippen molar-refractivity contribution in [3.63, 3.8) is 0 Å². The van der Waals surface area contributed by atoms with Crippen LogP contribution in [0.3, 0.4) is 0 Å². The monoisotopic (exact) mass is 416 g/mol. The lowest BCUT2D eigenvalue weighted by Gasteiger charge is -2.15. The van der Waals surface area contributed by atoms with Gasteiger partial charge in [-0.25, -0.2) is 9.67 Å². The smallest absolute Gasteiger partial charge is 0.283 e. The van der Waals surface area contributed by atoms with Gasteiger partial charge in [0.15, 0.2) is 11.2 Å². The maximum Gasteiger partial charge on any atom is 0.283 e. The molecule has 0 spiro atoms. The topological polar surface area (TPSA) is 94.7 Å². The van der Waals surface area contributed by atoms with Gasteiger partial charge in [-0.3, -0.25) is 14.2 Å². The Morgan fingerprint density at radius 3 is 2.52 bits per heavy atom. The first-order valence-corrected chi connectivity index (χ1v) is 10.3. The summed E-state index contributed by atoms with van der Waals surface area (Å²) < 4.78 is 2.84. The zero-order valence-corrected chi connectivity index (χ0v) is 17.5. The number of benzene rings is 2. The van der Waals surface area contributed by atoms with E-state index in [2.05, 4.69) is 39.7 Å². The third-order valence-corrected chi connectivity index (χ3v) is 5.25. The summed E-state index contributed by atoms with van der Waals surface area (Å²) in [6.07, 6.45) is 2.34. The summed E-state index contributed by atoms with van der Waals surface area (Å²) in [5.41, 5.74) is 3.44. The number of nitrogens with zero attached hydrogens (tertiary/aromatic N) is 5. The number of aromatic nitrogens is 5. The molecule has 2 heterocycles. The van der Waals surface area contributed by atoms with Gasteiger partial charge in [0.25, 0.3) is 5.56 Å². The fourth-order valence-corrected chi connectivity index (χ4v) is 3.43. The minimum absolute atomic E-state index is 0.134. The molecule has 4 rings (SSSR count). The van der Waals surface area contributed by atoms with Crippen LogP contribution in [0.15, 0.2) is 65.7 Å². The normalized spacial score (nSPS) is 12.1. The summed E-state index contributed by atoms with van der Waals surface area (Å²) in [5.74, 6) is -0.271. The van der Waals surface area contributed by atoms with Crippen molar-refractivity contribution in [2.24, 2.45) is 0 Å². The van der Waals surface area contributed by atoms with Crippen molar-refractivity contribution in [2.75, 3.05) is 0 Å². The van der Waals surface area contributed by atoms with Crippen LogP contribution in [0.5, 0.6) is 0 Å². The molecule has 1 N–H and O–H groups in total. The van der Waals surface area contributed by atoms with Crippen molar-refractivity contribution in [1.82, 2.24) is 29.9 Å². The fraction of sp³-hybridized carbons (Fsp3) is 0.261. The minimum atomic E-state index is -0.389. The van der Waals surface area contributed by atoms with Gasteiger partial charge in [0.1, 0.15) is 12.9 Å². The van der Waals surface area contributed by atoms with Crippen molar-refractivity contribution in [2.45, 2.75) is 39.4 Å². The van der Waals surface area contributed by atoms with Gasteiger partial charge >= 0.3 is 0 Å². The molecular weight excluding hydrogens is 392 g/mol. The first kappa shape index (κ1) is 20.5. The van der Waals surface area contributed by atoms with Crippen LogP contribution >= 0.6 is 0 Å². The first-order chi connectivity index (χ1) is 15.0. The van der Waals surface area contributed by atoms with Crippen molar-refractivity contribution in [3.05, 3.63) is 88.0 Å². The first-order valence-electron chi connectivity index (χ1n) is 10.3. The molecule has 0 radical (unpaired) electrons. The highest BCUT2D eigenvalue weighted by molar-refractivity contribution is 5.76. The highest BCUT2D eigenvalue weighted by atomic mass is 16.2. The Labute approximate surface area is 179 Å². The van der Waals surface area contributed by atoms with Gasteiger partial charge < -0.3 is 5.32 Å². The molecule has 1 amide bonds. The maximum absolute atomic E-state index is 12.8. The summed E-state index contributed by atoms with van der Waals surface area (Å²) in [4.78, 5) is 29.6. The van der Waals surface area contributed by atoms with Crippen LogP contribution in [0, 0.1) is 0 Å². The SMILES string of the molecule is CCc1ccc(C(C)NC(=O)Cn2cnc3c(nnn3Cc3ccccc3)c2=O)cc1. The quantitative estimate of drug-likeness (QED) is 0.499. The number of nitrogens with one attached hydrogen (secondary N) is 1. The molecule has 0 fully saturated rings. The van der Waals surface area contributed by atoms with E-state index in [1.54, 1.807) is 4.68 Å². The molecule has 158 valence electrons. The van der Waals surface area contributed by atoms with E-state index in [1.165, 1.54) is 16.5 Å². The van der Waals surface area contributed by atoms with Crippen LogP contribution in [0.4, 0.5) is 0 Å². The molecule has 1 unspecified atom stereocenters. The number of rotatable bonds is 7. The van der Waals surface area contributed by atoms with Crippen LogP contribution in [-0.2, 0) is 24.3 Å². The van der Waals surface area contributed by atoms with Gasteiger partial charge in [0, 0.05) is 0 Å². The zero-order valence-electron chi connectivity index (χ0n) is 17.5. The van der Waals surface area contributed by atoms with Gasteiger partial charge in [-0.1, -0.05) is 66.7 Å². The van der Waals surface area contributed by atoms with Crippen LogP contribution < -0.4 is 10.9 Å². The molecule has 0 aliphatic carbocycles. The lowest BCUT2D eigenvalue weighted by molar-refractivity contribution is -0.122. The fourth-order valence-electron chi connectivity index (χ4n) is 3.43. The number of carbonyl (C=O) groups excluding carboxylic acids is 1. The molecule has 2 aromatic heterocycles. The molecule has 8 heteroatoms. The maximum atomic E-state index is 12.8. The molecule has 1 atom stereocenters. The third-order valence-electron chi connectivity index (χ3n) is 5.25. The molecule has 0 bridgehead atoms. The summed E-state index contributed by atoms with van der Waals surface area (Å²) in [6, 6.07) is 17.7. The highest BCUT2D eigenvalue weighted by Gasteiger charge is 2.15. The van der Waals surface area contributed by atoms with E-state index in [-0.39, 0.29) is 29.6 Å². The second-order valence-corrected chi connectivity index (χ2v) is 7.47. The Kier molecular flexibility index (Phi) is 5.88. The Hall–Kier alpha value is -3.81. The summed E-state index contributed by atoms with van der Waals surface area (Å²) in [5, 5.41) is 11.0. The standard InChI is InChI=1S/C23H24N6O2/c1-3-17-9-11-19(12-10-17)16(2)25-20(30)14-28-15-24-22-21(23(28)31)26-27-29(22)13-18-7-5-4-6-8-18/h4-12,15-16H,3,13-14H2,1-2H3,(H,25,30). The zero-order chi connectivity index (χ0) is 21.8. The third kappa shape index (κ3) is 4.53. The van der Waals surface area contributed by atoms with E-state index in [4.69, 9.17) is 0 Å². The molecule has 0 aliphatic heterocycles. The van der Waals surface area contributed by atoms with E-state index in [1.807, 2.05) is 49.4 Å². The Morgan fingerprint density at radius 1 is 1.06 bits per heavy atom. The molecule has 0 saturated heterocycles. The predicted octanol–water partition coefficient (Wildman–Crippen LogP) is 2.48. The number of hydrogen-bond donors (Lipinski definition) is 1. The largest absolute Gasteiger partial charge is 0.348 e. The second kappa shape index (κ2) is 8.91. The highest BCUT2D eigenvalue weighted by Crippen LogP contribution is 2.14. The lowest BCUT2D eigenvalue weighted by atomic mass is 10.1.